The van der Waals surface area contributed by atoms with Crippen LogP contribution in [-0.4, -0.2) is 22.1 Å². The molecule has 20 heavy (non-hydrogen) atoms. The summed E-state index contributed by atoms with van der Waals surface area (Å²) in [6.07, 6.45) is 2.61. The first kappa shape index (κ1) is 14.3. The zero-order valence-electron chi connectivity index (χ0n) is 10.8. The van der Waals surface area contributed by atoms with Crippen LogP contribution >= 0.6 is 0 Å². The van der Waals surface area contributed by atoms with Crippen LogP contribution in [0.5, 0.6) is 5.75 Å². The van der Waals surface area contributed by atoms with Crippen molar-refractivity contribution in [3.8, 4) is 5.75 Å². The lowest BCUT2D eigenvalue weighted by atomic mass is 9.78. The summed E-state index contributed by atoms with van der Waals surface area (Å²) in [6.45, 7) is 0. The lowest BCUT2D eigenvalue weighted by molar-refractivity contribution is -0.147. The van der Waals surface area contributed by atoms with Crippen LogP contribution in [-0.2, 0) is 9.59 Å². The van der Waals surface area contributed by atoms with Gasteiger partial charge in [0.1, 0.15) is 0 Å². The summed E-state index contributed by atoms with van der Waals surface area (Å²) in [5, 5.41) is 20.7. The second kappa shape index (κ2) is 5.90. The number of hydrogen-bond acceptors (Lipinski definition) is 3. The van der Waals surface area contributed by atoms with Crippen molar-refractivity contribution in [2.24, 2.45) is 11.8 Å². The fraction of sp³-hybridized carbons (Fsp3) is 0.429. The molecule has 1 saturated carbocycles. The smallest absolute Gasteiger partial charge is 0.307 e. The minimum atomic E-state index is -0.971. The number of anilines is 1. The Morgan fingerprint density at radius 1 is 1.20 bits per heavy atom. The molecule has 6 heteroatoms. The van der Waals surface area contributed by atoms with Crippen molar-refractivity contribution < 1.29 is 24.2 Å². The summed E-state index contributed by atoms with van der Waals surface area (Å²) in [5.41, 5.74) is 0.208. The van der Waals surface area contributed by atoms with E-state index in [-0.39, 0.29) is 5.69 Å². The molecule has 2 unspecified atom stereocenters. The molecule has 0 saturated heterocycles. The molecule has 1 amide bonds. The molecule has 2 rings (SSSR count). The fourth-order valence-electron chi connectivity index (χ4n) is 2.56. The van der Waals surface area contributed by atoms with E-state index in [0.29, 0.717) is 12.8 Å². The Morgan fingerprint density at radius 2 is 1.85 bits per heavy atom. The van der Waals surface area contributed by atoms with Crippen molar-refractivity contribution in [2.45, 2.75) is 25.7 Å². The number of carboxylic acids is 1. The fourth-order valence-corrected chi connectivity index (χ4v) is 2.56. The van der Waals surface area contributed by atoms with Gasteiger partial charge in [-0.2, -0.15) is 0 Å². The highest BCUT2D eigenvalue weighted by molar-refractivity contribution is 5.95. The van der Waals surface area contributed by atoms with Crippen LogP contribution in [0.1, 0.15) is 25.7 Å². The third kappa shape index (κ3) is 3.07. The number of aromatic hydroxyl groups is 1. The maximum atomic E-state index is 13.2. The first-order chi connectivity index (χ1) is 9.49. The van der Waals surface area contributed by atoms with Gasteiger partial charge < -0.3 is 15.5 Å². The van der Waals surface area contributed by atoms with Crippen LogP contribution in [0.25, 0.3) is 0 Å². The molecule has 0 bridgehead atoms. The van der Waals surface area contributed by atoms with E-state index >= 15 is 0 Å². The number of amides is 1. The molecule has 1 fully saturated rings. The first-order valence-electron chi connectivity index (χ1n) is 6.51. The van der Waals surface area contributed by atoms with Crippen LogP contribution in [0.2, 0.25) is 0 Å². The molecule has 0 spiro atoms. The van der Waals surface area contributed by atoms with Crippen LogP contribution < -0.4 is 5.32 Å². The Hall–Kier alpha value is -2.11. The Labute approximate surface area is 115 Å². The van der Waals surface area contributed by atoms with Gasteiger partial charge in [0.15, 0.2) is 11.6 Å². The summed E-state index contributed by atoms with van der Waals surface area (Å²) >= 11 is 0. The maximum Gasteiger partial charge on any atom is 0.307 e. The molecule has 3 N–H and O–H groups in total. The Bertz CT molecular complexity index is 532. The molecule has 0 aliphatic heterocycles. The summed E-state index contributed by atoms with van der Waals surface area (Å²) in [4.78, 5) is 23.3. The highest BCUT2D eigenvalue weighted by Gasteiger charge is 2.35. The average molecular weight is 281 g/mol. The molecule has 0 aromatic heterocycles. The van der Waals surface area contributed by atoms with E-state index < -0.39 is 35.3 Å². The number of carbonyl (C=O) groups is 2. The highest BCUT2D eigenvalue weighted by Crippen LogP contribution is 2.31. The lowest BCUT2D eigenvalue weighted by Gasteiger charge is -2.27. The third-order valence-corrected chi connectivity index (χ3v) is 3.64. The second-order valence-electron chi connectivity index (χ2n) is 4.99. The number of halogens is 1. The molecule has 2 atom stereocenters. The zero-order chi connectivity index (χ0) is 14.7. The Morgan fingerprint density at radius 3 is 2.45 bits per heavy atom. The molecular formula is C14H16FNO4. The number of aliphatic carboxylic acids is 1. The molecule has 1 aromatic rings. The molecule has 0 radical (unpaired) electrons. The average Bonchev–Trinajstić information content (AvgIpc) is 2.43. The van der Waals surface area contributed by atoms with E-state index in [0.717, 1.165) is 25.0 Å². The van der Waals surface area contributed by atoms with E-state index in [2.05, 4.69) is 5.32 Å². The van der Waals surface area contributed by atoms with Crippen molar-refractivity contribution in [3.63, 3.8) is 0 Å². The summed E-state index contributed by atoms with van der Waals surface area (Å²) < 4.78 is 13.2. The predicted octanol–water partition coefficient (Wildman–Crippen LogP) is 2.36. The molecular weight excluding hydrogens is 265 g/mol. The predicted molar refractivity (Wildman–Crippen MR) is 69.8 cm³/mol. The highest BCUT2D eigenvalue weighted by atomic mass is 19.1. The van der Waals surface area contributed by atoms with Crippen LogP contribution in [0.4, 0.5) is 10.1 Å². The standard InChI is InChI=1S/C14H16FNO4/c15-11-7-8(5-6-12(11)17)16-13(18)9-3-1-2-4-10(9)14(19)20/h5-7,9-10,17H,1-4H2,(H,16,18)(H,19,20). The number of nitrogens with one attached hydrogen (secondary N) is 1. The van der Waals surface area contributed by atoms with Gasteiger partial charge in [0.25, 0.3) is 0 Å². The van der Waals surface area contributed by atoms with Gasteiger partial charge in [-0.15, -0.1) is 0 Å². The van der Waals surface area contributed by atoms with Crippen LogP contribution in [0, 0.1) is 17.7 Å². The van der Waals surface area contributed by atoms with Gasteiger partial charge in [0.2, 0.25) is 5.91 Å². The molecule has 5 nitrogen and oxygen atoms in total. The number of carboxylic acid groups (broad SMARTS) is 1. The number of hydrogen-bond donors (Lipinski definition) is 3. The zero-order valence-corrected chi connectivity index (χ0v) is 10.8. The summed E-state index contributed by atoms with van der Waals surface area (Å²) in [6, 6.07) is 3.52. The third-order valence-electron chi connectivity index (χ3n) is 3.64. The van der Waals surface area contributed by atoms with Gasteiger partial charge >= 0.3 is 5.97 Å². The van der Waals surface area contributed by atoms with E-state index in [9.17, 15) is 14.0 Å². The normalized spacial score (nSPS) is 22.2. The van der Waals surface area contributed by atoms with Gasteiger partial charge in [-0.3, -0.25) is 9.59 Å². The monoisotopic (exact) mass is 281 g/mol. The minimum Gasteiger partial charge on any atom is -0.505 e. The number of benzene rings is 1. The van der Waals surface area contributed by atoms with Crippen LogP contribution in [0.15, 0.2) is 18.2 Å². The number of phenols is 1. The lowest BCUT2D eigenvalue weighted by Crippen LogP contribution is -2.36. The van der Waals surface area contributed by atoms with Gasteiger partial charge in [-0.05, 0) is 25.0 Å². The Balaban J connectivity index is 2.09. The molecule has 1 aliphatic rings. The number of phenolic OH excluding ortho intramolecular Hbond substituents is 1. The first-order valence-corrected chi connectivity index (χ1v) is 6.51. The van der Waals surface area contributed by atoms with Crippen LogP contribution in [0.3, 0.4) is 0 Å². The quantitative estimate of drug-likeness (QED) is 0.742. The van der Waals surface area contributed by atoms with E-state index in [4.69, 9.17) is 10.2 Å². The molecule has 1 aromatic carbocycles. The number of carbonyl (C=O) groups excluding carboxylic acids is 1. The SMILES string of the molecule is O=C(O)C1CCCCC1C(=O)Nc1ccc(O)c(F)c1. The van der Waals surface area contributed by atoms with Gasteiger partial charge in [-0.25, -0.2) is 4.39 Å². The summed E-state index contributed by atoms with van der Waals surface area (Å²) in [5.74, 6) is -4.00. The van der Waals surface area contributed by atoms with Gasteiger partial charge in [0, 0.05) is 11.8 Å². The molecule has 108 valence electrons. The van der Waals surface area contributed by atoms with E-state index in [1.54, 1.807) is 0 Å². The largest absolute Gasteiger partial charge is 0.505 e. The Kier molecular flexibility index (Phi) is 4.22. The topological polar surface area (TPSA) is 86.6 Å². The van der Waals surface area contributed by atoms with E-state index in [1.165, 1.54) is 6.07 Å². The van der Waals surface area contributed by atoms with Gasteiger partial charge in [0.05, 0.1) is 11.8 Å². The van der Waals surface area contributed by atoms with Crippen molar-refractivity contribution in [2.75, 3.05) is 5.32 Å². The second-order valence-corrected chi connectivity index (χ2v) is 4.99. The van der Waals surface area contributed by atoms with Crippen molar-refractivity contribution in [3.05, 3.63) is 24.0 Å². The summed E-state index contributed by atoms with van der Waals surface area (Å²) in [7, 11) is 0. The van der Waals surface area contributed by atoms with Gasteiger partial charge in [-0.1, -0.05) is 12.8 Å². The van der Waals surface area contributed by atoms with Crippen molar-refractivity contribution >= 4 is 17.6 Å². The van der Waals surface area contributed by atoms with Crippen molar-refractivity contribution in [1.29, 1.82) is 0 Å². The molecule has 0 heterocycles. The van der Waals surface area contributed by atoms with E-state index in [1.807, 2.05) is 0 Å². The molecule has 1 aliphatic carbocycles. The van der Waals surface area contributed by atoms with Crippen molar-refractivity contribution in [1.82, 2.24) is 0 Å². The minimum absolute atomic E-state index is 0.208. The maximum absolute atomic E-state index is 13.2. The number of rotatable bonds is 3.